The maximum atomic E-state index is 13.9. The van der Waals surface area contributed by atoms with Crippen molar-refractivity contribution in [3.05, 3.63) is 72.3 Å². The molecule has 0 radical (unpaired) electrons. The molecule has 2 amide bonds. The Hall–Kier alpha value is -3.55. The molecule has 0 unspecified atom stereocenters. The van der Waals surface area contributed by atoms with Gasteiger partial charge in [0.15, 0.2) is 11.7 Å². The summed E-state index contributed by atoms with van der Waals surface area (Å²) in [5, 5.41) is 2.89. The average molecular weight is 439 g/mol. The van der Waals surface area contributed by atoms with E-state index in [2.05, 4.69) is 10.3 Å². The minimum atomic E-state index is -0.739. The van der Waals surface area contributed by atoms with Crippen molar-refractivity contribution in [2.24, 2.45) is 5.92 Å². The number of para-hydroxylation sites is 1. The fourth-order valence-corrected chi connectivity index (χ4v) is 3.83. The van der Waals surface area contributed by atoms with Gasteiger partial charge in [-0.2, -0.15) is 0 Å². The average Bonchev–Trinajstić information content (AvgIpc) is 3.26. The van der Waals surface area contributed by atoms with E-state index < -0.39 is 11.6 Å². The largest absolute Gasteiger partial charge is 0.441 e. The van der Waals surface area contributed by atoms with Crippen LogP contribution < -0.4 is 5.32 Å². The third-order valence-electron chi connectivity index (χ3n) is 5.50. The zero-order chi connectivity index (χ0) is 22.5. The van der Waals surface area contributed by atoms with E-state index in [0.717, 1.165) is 30.7 Å². The molecule has 1 aliphatic heterocycles. The maximum Gasteiger partial charge on any atom is 0.229 e. The SMILES string of the molecule is O=C(Nc1ccccc1)[C@@H]1CCCN(C(=O)CCc2ncc(-c3c(F)cccc3F)o2)C1. The van der Waals surface area contributed by atoms with Crippen molar-refractivity contribution in [3.8, 4) is 11.3 Å². The van der Waals surface area contributed by atoms with Crippen molar-refractivity contribution < 1.29 is 22.8 Å². The summed E-state index contributed by atoms with van der Waals surface area (Å²) in [4.78, 5) is 31.0. The van der Waals surface area contributed by atoms with Crippen LogP contribution in [-0.4, -0.2) is 34.8 Å². The Morgan fingerprint density at radius 1 is 1.09 bits per heavy atom. The molecule has 3 aromatic rings. The molecule has 1 N–H and O–H groups in total. The second kappa shape index (κ2) is 9.72. The zero-order valence-corrected chi connectivity index (χ0v) is 17.4. The number of aromatic nitrogens is 1. The zero-order valence-electron chi connectivity index (χ0n) is 17.4. The van der Waals surface area contributed by atoms with Crippen molar-refractivity contribution in [2.75, 3.05) is 18.4 Å². The lowest BCUT2D eigenvalue weighted by molar-refractivity contribution is -0.134. The van der Waals surface area contributed by atoms with E-state index in [4.69, 9.17) is 4.42 Å². The molecule has 1 aromatic heterocycles. The smallest absolute Gasteiger partial charge is 0.229 e. The number of oxazole rings is 1. The van der Waals surface area contributed by atoms with Gasteiger partial charge >= 0.3 is 0 Å². The molecule has 1 saturated heterocycles. The number of hydrogen-bond acceptors (Lipinski definition) is 4. The quantitative estimate of drug-likeness (QED) is 0.617. The third kappa shape index (κ3) is 5.01. The Kier molecular flexibility index (Phi) is 6.58. The Labute approximate surface area is 184 Å². The van der Waals surface area contributed by atoms with Crippen LogP contribution in [0.4, 0.5) is 14.5 Å². The molecule has 166 valence electrons. The lowest BCUT2D eigenvalue weighted by Gasteiger charge is -2.32. The number of carbonyl (C=O) groups excluding carboxylic acids is 2. The molecular weight excluding hydrogens is 416 g/mol. The molecule has 0 bridgehead atoms. The lowest BCUT2D eigenvalue weighted by atomic mass is 9.96. The number of likely N-dealkylation sites (tertiary alicyclic amines) is 1. The van der Waals surface area contributed by atoms with Gasteiger partial charge in [-0.3, -0.25) is 9.59 Å². The lowest BCUT2D eigenvalue weighted by Crippen LogP contribution is -2.43. The molecule has 2 aromatic carbocycles. The monoisotopic (exact) mass is 439 g/mol. The number of halogens is 2. The van der Waals surface area contributed by atoms with Crippen molar-refractivity contribution >= 4 is 17.5 Å². The van der Waals surface area contributed by atoms with Gasteiger partial charge in [-0.1, -0.05) is 24.3 Å². The minimum Gasteiger partial charge on any atom is -0.441 e. The molecule has 32 heavy (non-hydrogen) atoms. The molecule has 1 fully saturated rings. The van der Waals surface area contributed by atoms with Crippen molar-refractivity contribution in [2.45, 2.75) is 25.7 Å². The Morgan fingerprint density at radius 3 is 2.59 bits per heavy atom. The molecule has 0 saturated carbocycles. The summed E-state index contributed by atoms with van der Waals surface area (Å²) in [6.45, 7) is 0.944. The summed E-state index contributed by atoms with van der Waals surface area (Å²) in [7, 11) is 0. The number of carbonyl (C=O) groups is 2. The number of amides is 2. The van der Waals surface area contributed by atoms with Crippen LogP contribution >= 0.6 is 0 Å². The Balaban J connectivity index is 1.32. The highest BCUT2D eigenvalue weighted by Gasteiger charge is 2.28. The van der Waals surface area contributed by atoms with Crippen molar-refractivity contribution in [3.63, 3.8) is 0 Å². The first-order valence-electron chi connectivity index (χ1n) is 10.5. The fourth-order valence-electron chi connectivity index (χ4n) is 3.83. The summed E-state index contributed by atoms with van der Waals surface area (Å²) >= 11 is 0. The first kappa shape index (κ1) is 21.7. The Morgan fingerprint density at radius 2 is 1.84 bits per heavy atom. The summed E-state index contributed by atoms with van der Waals surface area (Å²) in [5.74, 6) is -1.75. The number of hydrogen-bond donors (Lipinski definition) is 1. The molecule has 8 heteroatoms. The second-order valence-corrected chi connectivity index (χ2v) is 7.75. The summed E-state index contributed by atoms with van der Waals surface area (Å²) in [6, 6.07) is 12.8. The predicted molar refractivity (Wildman–Crippen MR) is 115 cm³/mol. The number of nitrogens with one attached hydrogen (secondary N) is 1. The number of piperidine rings is 1. The van der Waals surface area contributed by atoms with Crippen LogP contribution in [-0.2, 0) is 16.0 Å². The van der Waals surface area contributed by atoms with Gasteiger partial charge in [0.1, 0.15) is 11.6 Å². The van der Waals surface area contributed by atoms with Crippen LogP contribution in [0.1, 0.15) is 25.2 Å². The fraction of sp³-hybridized carbons (Fsp3) is 0.292. The number of anilines is 1. The predicted octanol–water partition coefficient (Wildman–Crippen LogP) is 4.43. The first-order valence-corrected chi connectivity index (χ1v) is 10.5. The standard InChI is InChI=1S/C24H23F2N3O3/c25-18-9-4-10-19(26)23(18)20-14-27-21(32-20)11-12-22(30)29-13-5-6-16(15-29)24(31)28-17-7-2-1-3-8-17/h1-4,7-10,14,16H,5-6,11-13,15H2,(H,28,31)/t16-/m1/s1. The van der Waals surface area contributed by atoms with Crippen molar-refractivity contribution in [1.82, 2.24) is 9.88 Å². The molecule has 1 aliphatic rings. The van der Waals surface area contributed by atoms with Gasteiger partial charge in [-0.25, -0.2) is 13.8 Å². The van der Waals surface area contributed by atoms with Crippen LogP contribution in [0.2, 0.25) is 0 Å². The maximum absolute atomic E-state index is 13.9. The molecule has 6 nitrogen and oxygen atoms in total. The molecular formula is C24H23F2N3O3. The molecule has 4 rings (SSSR count). The van der Waals surface area contributed by atoms with Crippen LogP contribution in [0.15, 0.2) is 59.1 Å². The normalized spacial score (nSPS) is 16.1. The second-order valence-electron chi connectivity index (χ2n) is 7.75. The van der Waals surface area contributed by atoms with Gasteiger partial charge in [0.2, 0.25) is 11.8 Å². The van der Waals surface area contributed by atoms with Gasteiger partial charge in [-0.15, -0.1) is 0 Å². The van der Waals surface area contributed by atoms with E-state index in [9.17, 15) is 18.4 Å². The molecule has 0 aliphatic carbocycles. The van der Waals surface area contributed by atoms with Gasteiger partial charge in [0.25, 0.3) is 0 Å². The third-order valence-corrected chi connectivity index (χ3v) is 5.50. The van der Waals surface area contributed by atoms with Gasteiger partial charge < -0.3 is 14.6 Å². The number of nitrogens with zero attached hydrogens (tertiary/aromatic N) is 2. The summed E-state index contributed by atoms with van der Waals surface area (Å²) < 4.78 is 33.3. The van der Waals surface area contributed by atoms with Crippen LogP contribution in [0.5, 0.6) is 0 Å². The summed E-state index contributed by atoms with van der Waals surface area (Å²) in [5.41, 5.74) is 0.452. The van der Waals surface area contributed by atoms with Gasteiger partial charge in [-0.05, 0) is 37.1 Å². The number of benzene rings is 2. The minimum absolute atomic E-state index is 0.0151. The van der Waals surface area contributed by atoms with E-state index in [1.54, 1.807) is 4.90 Å². The first-order chi connectivity index (χ1) is 15.5. The van der Waals surface area contributed by atoms with Crippen LogP contribution in [0.3, 0.4) is 0 Å². The van der Waals surface area contributed by atoms with Crippen molar-refractivity contribution in [1.29, 1.82) is 0 Å². The van der Waals surface area contributed by atoms with Gasteiger partial charge in [0.05, 0.1) is 17.7 Å². The highest BCUT2D eigenvalue weighted by atomic mass is 19.1. The highest BCUT2D eigenvalue weighted by molar-refractivity contribution is 5.93. The van der Waals surface area contributed by atoms with E-state index >= 15 is 0 Å². The number of rotatable bonds is 6. The Bertz CT molecular complexity index is 1080. The number of aryl methyl sites for hydroxylation is 1. The van der Waals surface area contributed by atoms with Crippen LogP contribution in [0.25, 0.3) is 11.3 Å². The van der Waals surface area contributed by atoms with E-state index in [1.165, 1.54) is 12.3 Å². The summed E-state index contributed by atoms with van der Waals surface area (Å²) in [6.07, 6.45) is 3.05. The highest BCUT2D eigenvalue weighted by Crippen LogP contribution is 2.27. The van der Waals surface area contributed by atoms with E-state index in [-0.39, 0.29) is 47.8 Å². The molecule has 0 spiro atoms. The van der Waals surface area contributed by atoms with E-state index in [0.29, 0.717) is 13.1 Å². The van der Waals surface area contributed by atoms with Gasteiger partial charge in [0, 0.05) is 31.6 Å². The van der Waals surface area contributed by atoms with Crippen LogP contribution in [0, 0.1) is 17.6 Å². The topological polar surface area (TPSA) is 75.4 Å². The molecule has 2 heterocycles. The van der Waals surface area contributed by atoms with E-state index in [1.807, 2.05) is 30.3 Å². The molecule has 1 atom stereocenters.